The number of aliphatic imine (C=N–C) groups is 1. The average Bonchev–Trinajstić information content (AvgIpc) is 3.15. The maximum absolute atomic E-state index is 5.45. The van der Waals surface area contributed by atoms with Crippen LogP contribution in [0.5, 0.6) is 0 Å². The second-order valence-electron chi connectivity index (χ2n) is 5.96. The van der Waals surface area contributed by atoms with E-state index in [9.17, 15) is 0 Å². The normalized spacial score (nSPS) is 18.5. The van der Waals surface area contributed by atoms with E-state index in [1.807, 2.05) is 19.1 Å². The fourth-order valence-electron chi connectivity index (χ4n) is 2.47. The van der Waals surface area contributed by atoms with Crippen molar-refractivity contribution in [3.63, 3.8) is 0 Å². The molecule has 0 aliphatic carbocycles. The van der Waals surface area contributed by atoms with Crippen molar-refractivity contribution >= 4 is 5.96 Å². The number of rotatable bonds is 7. The molecule has 1 aromatic heterocycles. The molecule has 22 heavy (non-hydrogen) atoms. The Morgan fingerprint density at radius 2 is 2.41 bits per heavy atom. The molecule has 1 aliphatic heterocycles. The van der Waals surface area contributed by atoms with Crippen molar-refractivity contribution in [2.24, 2.45) is 10.9 Å². The molecular formula is C17H27N3O2. The zero-order valence-electron chi connectivity index (χ0n) is 13.7. The maximum atomic E-state index is 5.45. The summed E-state index contributed by atoms with van der Waals surface area (Å²) < 4.78 is 10.8. The molecule has 122 valence electrons. The molecule has 0 aromatic carbocycles. The summed E-state index contributed by atoms with van der Waals surface area (Å²) in [5, 5.41) is 3.42. The highest BCUT2D eigenvalue weighted by molar-refractivity contribution is 5.79. The predicted molar refractivity (Wildman–Crippen MR) is 89.1 cm³/mol. The third kappa shape index (κ3) is 5.56. The van der Waals surface area contributed by atoms with Crippen LogP contribution in [0.2, 0.25) is 0 Å². The molecule has 1 atom stereocenters. The Morgan fingerprint density at radius 1 is 1.55 bits per heavy atom. The van der Waals surface area contributed by atoms with Crippen LogP contribution in [0, 0.1) is 5.92 Å². The maximum Gasteiger partial charge on any atom is 0.194 e. The smallest absolute Gasteiger partial charge is 0.194 e. The summed E-state index contributed by atoms with van der Waals surface area (Å²) in [6.07, 6.45) is 3.68. The van der Waals surface area contributed by atoms with E-state index in [1.54, 1.807) is 6.26 Å². The molecule has 2 rings (SSSR count). The Hall–Kier alpha value is -1.75. The molecule has 1 aliphatic rings. The lowest BCUT2D eigenvalue weighted by molar-refractivity contribution is 0.181. The number of nitrogens with one attached hydrogen (secondary N) is 1. The number of furan rings is 1. The molecule has 0 bridgehead atoms. The van der Waals surface area contributed by atoms with Crippen LogP contribution in [0.1, 0.15) is 19.1 Å². The van der Waals surface area contributed by atoms with Gasteiger partial charge >= 0.3 is 0 Å². The summed E-state index contributed by atoms with van der Waals surface area (Å²) in [7, 11) is 2.08. The Balaban J connectivity index is 1.86. The summed E-state index contributed by atoms with van der Waals surface area (Å²) in [6, 6.07) is 3.91. The van der Waals surface area contributed by atoms with Gasteiger partial charge in [-0.05, 0) is 25.5 Å². The van der Waals surface area contributed by atoms with Gasteiger partial charge in [-0.15, -0.1) is 0 Å². The minimum Gasteiger partial charge on any atom is -0.469 e. The van der Waals surface area contributed by atoms with E-state index in [0.717, 1.165) is 56.4 Å². The highest BCUT2D eigenvalue weighted by Gasteiger charge is 2.19. The van der Waals surface area contributed by atoms with Crippen molar-refractivity contribution < 1.29 is 9.15 Å². The van der Waals surface area contributed by atoms with Crippen LogP contribution in [-0.2, 0) is 11.2 Å². The molecule has 0 saturated carbocycles. The van der Waals surface area contributed by atoms with E-state index in [4.69, 9.17) is 9.15 Å². The second kappa shape index (κ2) is 8.63. The molecule has 0 radical (unpaired) electrons. The zero-order chi connectivity index (χ0) is 15.8. The van der Waals surface area contributed by atoms with Crippen LogP contribution < -0.4 is 5.32 Å². The van der Waals surface area contributed by atoms with Crippen molar-refractivity contribution in [3.05, 3.63) is 36.3 Å². The Labute approximate surface area is 133 Å². The zero-order valence-corrected chi connectivity index (χ0v) is 13.7. The molecule has 0 spiro atoms. The first-order chi connectivity index (χ1) is 10.6. The van der Waals surface area contributed by atoms with Crippen molar-refractivity contribution in [2.75, 3.05) is 39.9 Å². The van der Waals surface area contributed by atoms with Crippen molar-refractivity contribution in [1.82, 2.24) is 10.2 Å². The monoisotopic (exact) mass is 305 g/mol. The number of nitrogens with zero attached hydrogens (tertiary/aromatic N) is 2. The first kappa shape index (κ1) is 16.6. The van der Waals surface area contributed by atoms with Crippen molar-refractivity contribution in [1.29, 1.82) is 0 Å². The van der Waals surface area contributed by atoms with Crippen LogP contribution in [0.15, 0.2) is 40.0 Å². The first-order valence-electron chi connectivity index (χ1n) is 7.89. The Morgan fingerprint density at radius 3 is 3.05 bits per heavy atom. The van der Waals surface area contributed by atoms with Crippen LogP contribution in [-0.4, -0.2) is 50.8 Å². The van der Waals surface area contributed by atoms with Crippen LogP contribution in [0.25, 0.3) is 0 Å². The van der Waals surface area contributed by atoms with Gasteiger partial charge in [0.15, 0.2) is 5.96 Å². The summed E-state index contributed by atoms with van der Waals surface area (Å²) >= 11 is 0. The minimum absolute atomic E-state index is 0.590. The number of guanidine groups is 1. The first-order valence-corrected chi connectivity index (χ1v) is 7.89. The van der Waals surface area contributed by atoms with Gasteiger partial charge in [-0.25, -0.2) is 4.99 Å². The molecule has 1 saturated heterocycles. The largest absolute Gasteiger partial charge is 0.469 e. The fraction of sp³-hybridized carbons (Fsp3) is 0.588. The van der Waals surface area contributed by atoms with Crippen LogP contribution in [0.4, 0.5) is 0 Å². The van der Waals surface area contributed by atoms with Gasteiger partial charge in [0.25, 0.3) is 0 Å². The molecule has 1 N–H and O–H groups in total. The van der Waals surface area contributed by atoms with Gasteiger partial charge in [0.1, 0.15) is 5.76 Å². The minimum atomic E-state index is 0.590. The lowest BCUT2D eigenvalue weighted by atomic mass is 10.1. The summed E-state index contributed by atoms with van der Waals surface area (Å²) in [5.74, 6) is 2.49. The molecule has 1 aromatic rings. The van der Waals surface area contributed by atoms with Crippen molar-refractivity contribution in [2.45, 2.75) is 19.8 Å². The van der Waals surface area contributed by atoms with Gasteiger partial charge in [0, 0.05) is 39.1 Å². The third-order valence-electron chi connectivity index (χ3n) is 3.65. The van der Waals surface area contributed by atoms with Gasteiger partial charge < -0.3 is 19.4 Å². The van der Waals surface area contributed by atoms with E-state index < -0.39 is 0 Å². The summed E-state index contributed by atoms with van der Waals surface area (Å²) in [6.45, 7) is 10.1. The lowest BCUT2D eigenvalue weighted by Crippen LogP contribution is -2.42. The topological polar surface area (TPSA) is 50.0 Å². The van der Waals surface area contributed by atoms with E-state index in [-0.39, 0.29) is 0 Å². The highest BCUT2D eigenvalue weighted by Crippen LogP contribution is 2.13. The van der Waals surface area contributed by atoms with Crippen LogP contribution >= 0.6 is 0 Å². The van der Waals surface area contributed by atoms with Gasteiger partial charge in [-0.2, -0.15) is 0 Å². The van der Waals surface area contributed by atoms with E-state index in [0.29, 0.717) is 12.5 Å². The van der Waals surface area contributed by atoms with Crippen molar-refractivity contribution in [3.8, 4) is 0 Å². The number of hydrogen-bond acceptors (Lipinski definition) is 3. The van der Waals surface area contributed by atoms with Gasteiger partial charge in [-0.3, -0.25) is 0 Å². The lowest BCUT2D eigenvalue weighted by Gasteiger charge is -2.25. The Bertz CT molecular complexity index is 476. The molecule has 2 heterocycles. The third-order valence-corrected chi connectivity index (χ3v) is 3.65. The summed E-state index contributed by atoms with van der Waals surface area (Å²) in [5.41, 5.74) is 1.06. The van der Waals surface area contributed by atoms with Gasteiger partial charge in [0.2, 0.25) is 0 Å². The quantitative estimate of drug-likeness (QED) is 0.477. The molecule has 1 unspecified atom stereocenters. The fourth-order valence-corrected chi connectivity index (χ4v) is 2.47. The molecule has 5 heteroatoms. The number of hydrogen-bond donors (Lipinski definition) is 1. The molecule has 1 fully saturated rings. The number of ether oxygens (including phenoxy) is 1. The standard InChI is InChI=1S/C17H27N3O2/c1-14(2)11-19-17(18-8-6-16-5-4-9-22-16)20(3)12-15-7-10-21-13-15/h4-5,9,15H,1,6-8,10-13H2,2-3H3,(H,18,19). The summed E-state index contributed by atoms with van der Waals surface area (Å²) in [4.78, 5) is 6.83. The molecular weight excluding hydrogens is 278 g/mol. The Kier molecular flexibility index (Phi) is 6.52. The average molecular weight is 305 g/mol. The van der Waals surface area contributed by atoms with Gasteiger partial charge in [0.05, 0.1) is 19.4 Å². The van der Waals surface area contributed by atoms with Crippen LogP contribution in [0.3, 0.4) is 0 Å². The van der Waals surface area contributed by atoms with E-state index in [2.05, 4.69) is 28.8 Å². The SMILES string of the molecule is C=C(C)CN=C(NCCc1ccco1)N(C)CC1CCOC1. The molecule has 0 amide bonds. The van der Waals surface area contributed by atoms with E-state index in [1.165, 1.54) is 0 Å². The second-order valence-corrected chi connectivity index (χ2v) is 5.96. The molecule has 5 nitrogen and oxygen atoms in total. The van der Waals surface area contributed by atoms with Gasteiger partial charge in [-0.1, -0.05) is 12.2 Å². The van der Waals surface area contributed by atoms with E-state index >= 15 is 0 Å². The highest BCUT2D eigenvalue weighted by atomic mass is 16.5. The predicted octanol–water partition coefficient (Wildman–Crippen LogP) is 2.31.